The lowest BCUT2D eigenvalue weighted by molar-refractivity contribution is -0.384. The van der Waals surface area contributed by atoms with Crippen LogP contribution in [0.4, 0.5) is 5.69 Å². The number of nitrogens with zero attached hydrogens (tertiary/aromatic N) is 1. The Bertz CT molecular complexity index is 647. The van der Waals surface area contributed by atoms with Crippen LogP contribution in [0.3, 0.4) is 0 Å². The maximum Gasteiger partial charge on any atom is 0.337 e. The van der Waals surface area contributed by atoms with Crippen molar-refractivity contribution >= 4 is 26.6 Å². The second kappa shape index (κ2) is 4.53. The van der Waals surface area contributed by atoms with Crippen molar-refractivity contribution in [1.82, 2.24) is 0 Å². The van der Waals surface area contributed by atoms with Crippen LogP contribution in [-0.4, -0.2) is 29.5 Å². The third-order valence-electron chi connectivity index (χ3n) is 2.07. The molecule has 1 aromatic carbocycles. The first-order valence-electron chi connectivity index (χ1n) is 4.45. The molecule has 0 unspecified atom stereocenters. The topological polar surface area (TPSA) is 132 Å². The summed E-state index contributed by atoms with van der Waals surface area (Å²) < 4.78 is 23.1. The number of sulfone groups is 1. The van der Waals surface area contributed by atoms with Gasteiger partial charge in [-0.15, -0.1) is 0 Å². The molecule has 0 aliphatic carbocycles. The van der Waals surface area contributed by atoms with E-state index < -0.39 is 42.0 Å². The normalized spacial score (nSPS) is 10.9. The van der Waals surface area contributed by atoms with E-state index in [1.807, 2.05) is 0 Å². The summed E-state index contributed by atoms with van der Waals surface area (Å²) >= 11 is 0. The number of carbonyl (C=O) groups excluding carboxylic acids is 1. The van der Waals surface area contributed by atoms with E-state index in [-0.39, 0.29) is 0 Å². The summed E-state index contributed by atoms with van der Waals surface area (Å²) in [6, 6.07) is 2.15. The average molecular weight is 273 g/mol. The van der Waals surface area contributed by atoms with E-state index in [2.05, 4.69) is 0 Å². The zero-order valence-corrected chi connectivity index (χ0v) is 9.80. The van der Waals surface area contributed by atoms with Crippen LogP contribution in [0.5, 0.6) is 0 Å². The maximum atomic E-state index is 11.6. The summed E-state index contributed by atoms with van der Waals surface area (Å²) in [5.74, 6) is -1.67. The quantitative estimate of drug-likeness (QED) is 0.630. The molecule has 0 saturated carbocycles. The number of hydrogen-bond donors (Lipinski definition) is 1. The number of carboxylic acid groups (broad SMARTS) is 1. The molecule has 8 nitrogen and oxygen atoms in total. The van der Waals surface area contributed by atoms with Crippen LogP contribution >= 0.6 is 0 Å². The van der Waals surface area contributed by atoms with Crippen LogP contribution in [-0.2, 0) is 14.6 Å². The number of nitro benzene ring substituents is 1. The summed E-state index contributed by atoms with van der Waals surface area (Å²) in [5, 5.41) is 18.0. The summed E-state index contributed by atoms with van der Waals surface area (Å²) in [6.07, 6.45) is 0. The third-order valence-corrected chi connectivity index (χ3v) is 3.76. The Balaban J connectivity index is 3.62. The molecule has 1 N–H and O–H groups in total. The van der Waals surface area contributed by atoms with Gasteiger partial charge in [-0.3, -0.25) is 14.9 Å². The van der Waals surface area contributed by atoms with E-state index in [1.165, 1.54) is 0 Å². The highest BCUT2D eigenvalue weighted by molar-refractivity contribution is 8.06. The van der Waals surface area contributed by atoms with Crippen molar-refractivity contribution in [3.63, 3.8) is 0 Å². The van der Waals surface area contributed by atoms with Gasteiger partial charge in [-0.2, -0.15) is 0 Å². The molecule has 96 valence electrons. The minimum Gasteiger partial charge on any atom is -0.478 e. The lowest BCUT2D eigenvalue weighted by Gasteiger charge is -2.04. The number of nitro groups is 1. The average Bonchev–Trinajstić information content (AvgIpc) is 2.27. The van der Waals surface area contributed by atoms with E-state index in [9.17, 15) is 28.1 Å². The largest absolute Gasteiger partial charge is 0.478 e. The van der Waals surface area contributed by atoms with Gasteiger partial charge >= 0.3 is 5.97 Å². The Labute approximate surface area is 101 Å². The molecule has 0 spiro atoms. The SMILES string of the molecule is CC(=O)S(=O)(=O)c1ccc([N+](=O)[O-])cc1C(=O)O. The molecule has 18 heavy (non-hydrogen) atoms. The molecule has 0 aromatic heterocycles. The number of rotatable bonds is 3. The van der Waals surface area contributed by atoms with Crippen LogP contribution in [0.25, 0.3) is 0 Å². The highest BCUT2D eigenvalue weighted by Crippen LogP contribution is 2.23. The van der Waals surface area contributed by atoms with E-state index in [0.29, 0.717) is 6.07 Å². The number of carboxylic acids is 1. The molecule has 1 aromatic rings. The lowest BCUT2D eigenvalue weighted by Crippen LogP contribution is -2.15. The molecule has 0 bridgehead atoms. The van der Waals surface area contributed by atoms with Gasteiger partial charge < -0.3 is 5.11 Å². The molecule has 0 fully saturated rings. The molecule has 0 amide bonds. The first kappa shape index (κ1) is 13.8. The number of carbonyl (C=O) groups is 2. The van der Waals surface area contributed by atoms with Crippen LogP contribution in [0.2, 0.25) is 0 Å². The fourth-order valence-corrected chi connectivity index (χ4v) is 2.18. The van der Waals surface area contributed by atoms with Gasteiger partial charge in [0.25, 0.3) is 5.69 Å². The molecule has 0 radical (unpaired) electrons. The minimum atomic E-state index is -4.44. The number of aromatic carboxylic acids is 1. The smallest absolute Gasteiger partial charge is 0.337 e. The molecule has 0 aliphatic rings. The van der Waals surface area contributed by atoms with Gasteiger partial charge in [-0.1, -0.05) is 0 Å². The van der Waals surface area contributed by atoms with Crippen molar-refractivity contribution in [1.29, 1.82) is 0 Å². The molecule has 0 aliphatic heterocycles. The van der Waals surface area contributed by atoms with Gasteiger partial charge in [-0.05, 0) is 6.07 Å². The van der Waals surface area contributed by atoms with Crippen molar-refractivity contribution < 1.29 is 28.0 Å². The van der Waals surface area contributed by atoms with E-state index >= 15 is 0 Å². The predicted molar refractivity (Wildman–Crippen MR) is 57.9 cm³/mol. The Kier molecular flexibility index (Phi) is 3.47. The van der Waals surface area contributed by atoms with Crippen molar-refractivity contribution in [2.75, 3.05) is 0 Å². The van der Waals surface area contributed by atoms with Gasteiger partial charge in [-0.25, -0.2) is 13.2 Å². The van der Waals surface area contributed by atoms with Crippen LogP contribution in [0.1, 0.15) is 17.3 Å². The molecule has 0 heterocycles. The third kappa shape index (κ3) is 2.35. The summed E-state index contributed by atoms with van der Waals surface area (Å²) in [4.78, 5) is 30.7. The highest BCUT2D eigenvalue weighted by atomic mass is 32.2. The van der Waals surface area contributed by atoms with Crippen LogP contribution < -0.4 is 0 Å². The zero-order valence-electron chi connectivity index (χ0n) is 8.98. The van der Waals surface area contributed by atoms with Gasteiger partial charge in [0.2, 0.25) is 15.0 Å². The number of hydrogen-bond acceptors (Lipinski definition) is 6. The number of non-ortho nitro benzene ring substituents is 1. The Morgan fingerprint density at radius 2 is 1.89 bits per heavy atom. The highest BCUT2D eigenvalue weighted by Gasteiger charge is 2.28. The standard InChI is InChI=1S/C9H7NO7S/c1-5(11)18(16,17)8-3-2-6(10(14)15)4-7(8)9(12)13/h2-4H,1H3,(H,12,13). The van der Waals surface area contributed by atoms with E-state index in [0.717, 1.165) is 19.1 Å². The van der Waals surface area contributed by atoms with Crippen molar-refractivity contribution in [2.24, 2.45) is 0 Å². The summed E-state index contributed by atoms with van der Waals surface area (Å²) in [5.41, 5.74) is -1.38. The molecule has 0 saturated heterocycles. The molecule has 1 rings (SSSR count). The fourth-order valence-electron chi connectivity index (χ4n) is 1.19. The molecule has 0 atom stereocenters. The van der Waals surface area contributed by atoms with Crippen molar-refractivity contribution in [3.8, 4) is 0 Å². The zero-order chi connectivity index (χ0) is 14.1. The fraction of sp³-hybridized carbons (Fsp3) is 0.111. The Hall–Kier alpha value is -2.29. The monoisotopic (exact) mass is 273 g/mol. The number of benzene rings is 1. The van der Waals surface area contributed by atoms with Gasteiger partial charge in [0, 0.05) is 19.1 Å². The van der Waals surface area contributed by atoms with Crippen LogP contribution in [0.15, 0.2) is 23.1 Å². The predicted octanol–water partition coefficient (Wildman–Crippen LogP) is 0.613. The second-order valence-corrected chi connectivity index (χ2v) is 5.26. The molecule has 9 heteroatoms. The van der Waals surface area contributed by atoms with E-state index in [1.54, 1.807) is 0 Å². The molecular formula is C9H7NO7S. The molecular weight excluding hydrogens is 266 g/mol. The maximum absolute atomic E-state index is 11.6. The van der Waals surface area contributed by atoms with Crippen LogP contribution in [0, 0.1) is 10.1 Å². The summed E-state index contributed by atoms with van der Waals surface area (Å²) in [6.45, 7) is 0.766. The van der Waals surface area contributed by atoms with Gasteiger partial charge in [0.1, 0.15) is 0 Å². The first-order valence-corrected chi connectivity index (χ1v) is 5.93. The van der Waals surface area contributed by atoms with Crippen molar-refractivity contribution in [2.45, 2.75) is 11.8 Å². The lowest BCUT2D eigenvalue weighted by atomic mass is 10.2. The summed E-state index contributed by atoms with van der Waals surface area (Å²) in [7, 11) is -4.44. The Morgan fingerprint density at radius 1 is 1.33 bits per heavy atom. The van der Waals surface area contributed by atoms with Gasteiger partial charge in [0.05, 0.1) is 15.4 Å². The van der Waals surface area contributed by atoms with E-state index in [4.69, 9.17) is 5.11 Å². The van der Waals surface area contributed by atoms with Crippen molar-refractivity contribution in [3.05, 3.63) is 33.9 Å². The first-order chi connectivity index (χ1) is 8.17. The minimum absolute atomic E-state index is 0.574. The van der Waals surface area contributed by atoms with Gasteiger partial charge in [0.15, 0.2) is 0 Å². The second-order valence-electron chi connectivity index (χ2n) is 3.24. The Morgan fingerprint density at radius 3 is 2.28 bits per heavy atom.